The van der Waals surface area contributed by atoms with Gasteiger partial charge in [0.2, 0.25) is 5.12 Å². The molecule has 7 heteroatoms. The number of carbonyl (C=O) groups excluding carboxylic acids is 1. The molecule has 1 aromatic heterocycles. The maximum absolute atomic E-state index is 12.3. The minimum absolute atomic E-state index is 0.0445. The third-order valence-corrected chi connectivity index (χ3v) is 4.64. The minimum atomic E-state index is -0.495. The van der Waals surface area contributed by atoms with Crippen molar-refractivity contribution in [3.05, 3.63) is 76.3 Å². The van der Waals surface area contributed by atoms with E-state index in [1.165, 1.54) is 24.3 Å². The van der Waals surface area contributed by atoms with Gasteiger partial charge in [-0.1, -0.05) is 24.3 Å². The lowest BCUT2D eigenvalue weighted by Crippen LogP contribution is -1.95. The van der Waals surface area contributed by atoms with Crippen LogP contribution in [-0.2, 0) is 0 Å². The van der Waals surface area contributed by atoms with Gasteiger partial charge in [0.15, 0.2) is 5.16 Å². The maximum atomic E-state index is 12.3. The highest BCUT2D eigenvalue weighted by atomic mass is 32.2. The minimum Gasteiger partial charge on any atom is -0.333 e. The average molecular weight is 349 g/mol. The number of non-ortho nitro benzene ring substituents is 1. The van der Waals surface area contributed by atoms with Crippen molar-refractivity contribution < 1.29 is 9.72 Å². The van der Waals surface area contributed by atoms with Crippen LogP contribution in [0.25, 0.3) is 21.8 Å². The van der Waals surface area contributed by atoms with Gasteiger partial charge in [-0.05, 0) is 46.8 Å². The lowest BCUT2D eigenvalue weighted by atomic mass is 10.1. The van der Waals surface area contributed by atoms with Gasteiger partial charge >= 0.3 is 0 Å². The molecular weight excluding hydrogens is 338 g/mol. The first kappa shape index (κ1) is 15.3. The van der Waals surface area contributed by atoms with Crippen molar-refractivity contribution in [1.29, 1.82) is 0 Å². The van der Waals surface area contributed by atoms with Crippen LogP contribution in [0.4, 0.5) is 5.69 Å². The summed E-state index contributed by atoms with van der Waals surface area (Å²) in [6.45, 7) is 0. The highest BCUT2D eigenvalue weighted by Gasteiger charge is 2.14. The molecule has 0 fully saturated rings. The Labute approximate surface area is 146 Å². The van der Waals surface area contributed by atoms with Gasteiger partial charge in [-0.3, -0.25) is 14.9 Å². The van der Waals surface area contributed by atoms with Crippen molar-refractivity contribution >= 4 is 44.4 Å². The molecule has 0 amide bonds. The van der Waals surface area contributed by atoms with Crippen molar-refractivity contribution in [2.45, 2.75) is 5.16 Å². The molecule has 0 saturated carbocycles. The molecule has 25 heavy (non-hydrogen) atoms. The van der Waals surface area contributed by atoms with Crippen LogP contribution in [0.3, 0.4) is 0 Å². The predicted molar refractivity (Wildman–Crippen MR) is 96.9 cm³/mol. The van der Waals surface area contributed by atoms with Crippen LogP contribution in [-0.4, -0.2) is 20.0 Å². The Balaban J connectivity index is 1.62. The molecule has 0 saturated heterocycles. The molecule has 0 aliphatic heterocycles. The second kappa shape index (κ2) is 6.03. The van der Waals surface area contributed by atoms with Gasteiger partial charge in [-0.2, -0.15) is 0 Å². The van der Waals surface area contributed by atoms with Crippen molar-refractivity contribution in [3.63, 3.8) is 0 Å². The van der Waals surface area contributed by atoms with Crippen molar-refractivity contribution in [1.82, 2.24) is 9.97 Å². The molecule has 122 valence electrons. The zero-order valence-electron chi connectivity index (χ0n) is 12.8. The SMILES string of the molecule is O=C(Sc1nc2cc3ccccc3cc2[nH]1)c1ccc([N+](=O)[O-])cc1. The zero-order valence-corrected chi connectivity index (χ0v) is 13.6. The van der Waals surface area contributed by atoms with Gasteiger partial charge in [-0.25, -0.2) is 4.98 Å². The van der Waals surface area contributed by atoms with E-state index in [1.54, 1.807) is 0 Å². The number of nitro benzene ring substituents is 1. The first-order chi connectivity index (χ1) is 12.1. The predicted octanol–water partition coefficient (Wildman–Crippen LogP) is 4.56. The summed E-state index contributed by atoms with van der Waals surface area (Å²) in [6, 6.07) is 17.5. The summed E-state index contributed by atoms with van der Waals surface area (Å²) in [5.41, 5.74) is 1.99. The Kier molecular flexibility index (Phi) is 3.70. The number of imidazole rings is 1. The molecule has 0 radical (unpaired) electrons. The Morgan fingerprint density at radius 3 is 2.40 bits per heavy atom. The van der Waals surface area contributed by atoms with Crippen LogP contribution < -0.4 is 0 Å². The molecule has 3 aromatic carbocycles. The van der Waals surface area contributed by atoms with Crippen LogP contribution in [0, 0.1) is 10.1 Å². The molecule has 4 rings (SSSR count). The summed E-state index contributed by atoms with van der Waals surface area (Å²) in [4.78, 5) is 30.1. The Bertz CT molecular complexity index is 1070. The van der Waals surface area contributed by atoms with E-state index in [1.807, 2.05) is 36.4 Å². The number of nitrogens with zero attached hydrogens (tertiary/aromatic N) is 2. The first-order valence-corrected chi connectivity index (χ1v) is 8.27. The van der Waals surface area contributed by atoms with Gasteiger partial charge in [0, 0.05) is 17.7 Å². The standard InChI is InChI=1S/C18H11N3O3S/c22-17(11-5-7-14(8-6-11)21(23)24)25-18-19-15-9-12-3-1-2-4-13(12)10-16(15)20-18/h1-10H,(H,19,20). The molecule has 6 nitrogen and oxygen atoms in total. The monoisotopic (exact) mass is 349 g/mol. The molecule has 1 heterocycles. The third-order valence-electron chi connectivity index (χ3n) is 3.83. The highest BCUT2D eigenvalue weighted by Crippen LogP contribution is 2.27. The van der Waals surface area contributed by atoms with E-state index in [0.29, 0.717) is 10.7 Å². The summed E-state index contributed by atoms with van der Waals surface area (Å²) >= 11 is 0.968. The maximum Gasteiger partial charge on any atom is 0.269 e. The topological polar surface area (TPSA) is 88.9 Å². The van der Waals surface area contributed by atoms with Crippen LogP contribution in [0.5, 0.6) is 0 Å². The molecule has 0 aliphatic rings. The summed E-state index contributed by atoms with van der Waals surface area (Å²) in [5, 5.41) is 13.1. The van der Waals surface area contributed by atoms with Crippen molar-refractivity contribution in [2.24, 2.45) is 0 Å². The molecule has 1 N–H and O–H groups in total. The molecule has 0 atom stereocenters. The number of aromatic nitrogens is 2. The van der Waals surface area contributed by atoms with Gasteiger partial charge in [0.05, 0.1) is 16.0 Å². The lowest BCUT2D eigenvalue weighted by molar-refractivity contribution is -0.384. The van der Waals surface area contributed by atoms with Gasteiger partial charge in [0.1, 0.15) is 0 Å². The smallest absolute Gasteiger partial charge is 0.269 e. The summed E-state index contributed by atoms with van der Waals surface area (Å²) in [5.74, 6) is 0. The number of hydrogen-bond acceptors (Lipinski definition) is 5. The number of carbonyl (C=O) groups is 1. The van der Waals surface area contributed by atoms with E-state index < -0.39 is 4.92 Å². The van der Waals surface area contributed by atoms with Crippen LogP contribution >= 0.6 is 11.8 Å². The number of H-pyrrole nitrogens is 1. The van der Waals surface area contributed by atoms with E-state index in [9.17, 15) is 14.9 Å². The van der Waals surface area contributed by atoms with E-state index in [4.69, 9.17) is 0 Å². The first-order valence-electron chi connectivity index (χ1n) is 7.45. The number of nitro groups is 1. The quantitative estimate of drug-likeness (QED) is 0.333. The van der Waals surface area contributed by atoms with Crippen LogP contribution in [0.15, 0.2) is 65.8 Å². The molecule has 0 unspecified atom stereocenters. The average Bonchev–Trinajstić information content (AvgIpc) is 3.00. The third kappa shape index (κ3) is 2.97. The van der Waals surface area contributed by atoms with Gasteiger partial charge in [0.25, 0.3) is 5.69 Å². The van der Waals surface area contributed by atoms with Crippen LogP contribution in [0.1, 0.15) is 10.4 Å². The summed E-state index contributed by atoms with van der Waals surface area (Å²) in [7, 11) is 0. The van der Waals surface area contributed by atoms with Crippen LogP contribution in [0.2, 0.25) is 0 Å². The summed E-state index contributed by atoms with van der Waals surface area (Å²) < 4.78 is 0. The molecule has 4 aromatic rings. The fourth-order valence-corrected chi connectivity index (χ4v) is 3.32. The molecule has 0 spiro atoms. The van der Waals surface area contributed by atoms with Crippen molar-refractivity contribution in [3.8, 4) is 0 Å². The summed E-state index contributed by atoms with van der Waals surface area (Å²) in [6.07, 6.45) is 0. The number of hydrogen-bond donors (Lipinski definition) is 1. The largest absolute Gasteiger partial charge is 0.333 e. The lowest BCUT2D eigenvalue weighted by Gasteiger charge is -1.97. The number of thioether (sulfide) groups is 1. The number of nitrogens with one attached hydrogen (secondary N) is 1. The molecule has 0 aliphatic carbocycles. The molecular formula is C18H11N3O3S. The van der Waals surface area contributed by atoms with Gasteiger partial charge < -0.3 is 4.98 Å². The van der Waals surface area contributed by atoms with E-state index >= 15 is 0 Å². The number of aromatic amines is 1. The number of fused-ring (bicyclic) bond motifs is 2. The zero-order chi connectivity index (χ0) is 17.4. The Hall–Kier alpha value is -3.19. The number of rotatable bonds is 3. The molecule has 0 bridgehead atoms. The Morgan fingerprint density at radius 1 is 1.04 bits per heavy atom. The van der Waals surface area contributed by atoms with E-state index in [0.717, 1.165) is 33.6 Å². The number of benzene rings is 3. The normalized spacial score (nSPS) is 11.0. The van der Waals surface area contributed by atoms with E-state index in [-0.39, 0.29) is 10.8 Å². The Morgan fingerprint density at radius 2 is 1.72 bits per heavy atom. The van der Waals surface area contributed by atoms with E-state index in [2.05, 4.69) is 9.97 Å². The second-order valence-corrected chi connectivity index (χ2v) is 6.41. The highest BCUT2D eigenvalue weighted by molar-refractivity contribution is 8.14. The second-order valence-electron chi connectivity index (χ2n) is 5.45. The fraction of sp³-hybridized carbons (Fsp3) is 0. The fourth-order valence-electron chi connectivity index (χ4n) is 2.59. The van der Waals surface area contributed by atoms with Crippen molar-refractivity contribution in [2.75, 3.05) is 0 Å². The van der Waals surface area contributed by atoms with Gasteiger partial charge in [-0.15, -0.1) is 0 Å².